The Morgan fingerprint density at radius 3 is 2.75 bits per heavy atom. The third-order valence-electron chi connectivity index (χ3n) is 4.96. The Morgan fingerprint density at radius 2 is 1.85 bits per heavy atom. The Kier molecular flexibility index (Phi) is 2.60. The van der Waals surface area contributed by atoms with Crippen LogP contribution in [0.25, 0.3) is 21.5 Å². The van der Waals surface area contributed by atoms with Crippen molar-refractivity contribution in [2.24, 2.45) is 0 Å². The van der Waals surface area contributed by atoms with E-state index in [9.17, 15) is 0 Å². The molecule has 20 heavy (non-hydrogen) atoms. The highest BCUT2D eigenvalue weighted by Crippen LogP contribution is 2.39. The molecule has 1 atom stereocenters. The van der Waals surface area contributed by atoms with Gasteiger partial charge in [-0.15, -0.1) is 0 Å². The SMILES string of the molecule is Cc1cc2c(c3ccc4ccccc4c13)CCCC2C. The number of benzene rings is 3. The molecule has 0 heteroatoms. The molecular weight excluding hydrogens is 240 g/mol. The molecule has 0 aliphatic heterocycles. The van der Waals surface area contributed by atoms with Gasteiger partial charge in [-0.1, -0.05) is 49.4 Å². The highest BCUT2D eigenvalue weighted by Gasteiger charge is 2.20. The lowest BCUT2D eigenvalue weighted by Gasteiger charge is -2.25. The van der Waals surface area contributed by atoms with Gasteiger partial charge in [0.1, 0.15) is 0 Å². The van der Waals surface area contributed by atoms with Crippen LogP contribution in [0.15, 0.2) is 42.5 Å². The van der Waals surface area contributed by atoms with Crippen LogP contribution >= 0.6 is 0 Å². The van der Waals surface area contributed by atoms with E-state index in [0.717, 1.165) is 0 Å². The third kappa shape index (κ3) is 1.61. The molecule has 1 unspecified atom stereocenters. The van der Waals surface area contributed by atoms with Crippen LogP contribution in [-0.4, -0.2) is 0 Å². The molecular formula is C20H20. The molecule has 4 rings (SSSR count). The van der Waals surface area contributed by atoms with E-state index in [4.69, 9.17) is 0 Å². The van der Waals surface area contributed by atoms with Gasteiger partial charge >= 0.3 is 0 Å². The summed E-state index contributed by atoms with van der Waals surface area (Å²) in [5, 5.41) is 5.72. The molecule has 0 nitrogen and oxygen atoms in total. The number of fused-ring (bicyclic) bond motifs is 5. The summed E-state index contributed by atoms with van der Waals surface area (Å²) >= 11 is 0. The van der Waals surface area contributed by atoms with E-state index in [0.29, 0.717) is 5.92 Å². The fraction of sp³-hybridized carbons (Fsp3) is 0.300. The molecule has 0 saturated heterocycles. The summed E-state index contributed by atoms with van der Waals surface area (Å²) in [6, 6.07) is 15.9. The lowest BCUT2D eigenvalue weighted by molar-refractivity contribution is 0.593. The fourth-order valence-corrected chi connectivity index (χ4v) is 3.96. The molecule has 100 valence electrons. The van der Waals surface area contributed by atoms with Crippen LogP contribution in [0.2, 0.25) is 0 Å². The van der Waals surface area contributed by atoms with Crippen LogP contribution in [0.4, 0.5) is 0 Å². The molecule has 0 N–H and O–H groups in total. The second-order valence-corrected chi connectivity index (χ2v) is 6.26. The largest absolute Gasteiger partial charge is 0.0616 e. The first-order chi connectivity index (χ1) is 9.75. The van der Waals surface area contributed by atoms with Crippen molar-refractivity contribution in [2.45, 2.75) is 39.0 Å². The zero-order valence-electron chi connectivity index (χ0n) is 12.2. The first kappa shape index (κ1) is 12.0. The minimum absolute atomic E-state index is 0.716. The van der Waals surface area contributed by atoms with E-state index < -0.39 is 0 Å². The molecule has 0 amide bonds. The van der Waals surface area contributed by atoms with Crippen molar-refractivity contribution >= 4 is 21.5 Å². The second-order valence-electron chi connectivity index (χ2n) is 6.26. The fourth-order valence-electron chi connectivity index (χ4n) is 3.96. The zero-order chi connectivity index (χ0) is 13.7. The number of aryl methyl sites for hydroxylation is 2. The van der Waals surface area contributed by atoms with Crippen LogP contribution in [0.5, 0.6) is 0 Å². The smallest absolute Gasteiger partial charge is 0.00731 e. The minimum atomic E-state index is 0.716. The van der Waals surface area contributed by atoms with E-state index in [1.807, 2.05) is 0 Å². The van der Waals surface area contributed by atoms with Crippen LogP contribution in [0.3, 0.4) is 0 Å². The average molecular weight is 260 g/mol. The van der Waals surface area contributed by atoms with Gasteiger partial charge in [-0.2, -0.15) is 0 Å². The topological polar surface area (TPSA) is 0 Å². The monoisotopic (exact) mass is 260 g/mol. The minimum Gasteiger partial charge on any atom is -0.0616 e. The zero-order valence-corrected chi connectivity index (χ0v) is 12.2. The molecule has 1 aliphatic carbocycles. The summed E-state index contributed by atoms with van der Waals surface area (Å²) < 4.78 is 0. The van der Waals surface area contributed by atoms with Crippen LogP contribution in [0, 0.1) is 6.92 Å². The summed E-state index contributed by atoms with van der Waals surface area (Å²) in [5.74, 6) is 0.716. The van der Waals surface area contributed by atoms with Gasteiger partial charge in [-0.25, -0.2) is 0 Å². The molecule has 0 bridgehead atoms. The molecule has 0 spiro atoms. The summed E-state index contributed by atoms with van der Waals surface area (Å²) in [5.41, 5.74) is 4.64. The molecule has 0 fully saturated rings. The number of hydrogen-bond acceptors (Lipinski definition) is 0. The van der Waals surface area contributed by atoms with E-state index in [1.165, 1.54) is 46.4 Å². The van der Waals surface area contributed by atoms with Gasteiger partial charge in [0, 0.05) is 0 Å². The second kappa shape index (κ2) is 4.34. The van der Waals surface area contributed by atoms with Gasteiger partial charge in [0.2, 0.25) is 0 Å². The highest BCUT2D eigenvalue weighted by atomic mass is 14.2. The van der Waals surface area contributed by atoms with Gasteiger partial charge < -0.3 is 0 Å². The van der Waals surface area contributed by atoms with Crippen molar-refractivity contribution in [3.8, 4) is 0 Å². The highest BCUT2D eigenvalue weighted by molar-refractivity contribution is 6.10. The summed E-state index contributed by atoms with van der Waals surface area (Å²) in [7, 11) is 0. The Hall–Kier alpha value is -1.82. The molecule has 0 heterocycles. The summed E-state index contributed by atoms with van der Waals surface area (Å²) in [6.07, 6.45) is 3.92. The van der Waals surface area contributed by atoms with Gasteiger partial charge in [-0.05, 0) is 70.3 Å². The number of hydrogen-bond donors (Lipinski definition) is 0. The summed E-state index contributed by atoms with van der Waals surface area (Å²) in [4.78, 5) is 0. The normalized spacial score (nSPS) is 18.4. The van der Waals surface area contributed by atoms with Gasteiger partial charge in [-0.3, -0.25) is 0 Å². The molecule has 3 aromatic rings. The Labute approximate surface area is 120 Å². The van der Waals surface area contributed by atoms with Crippen LogP contribution in [0.1, 0.15) is 42.4 Å². The summed E-state index contributed by atoms with van der Waals surface area (Å²) in [6.45, 7) is 4.65. The standard InChI is InChI=1S/C20H20/c1-13-6-5-9-17-18-11-10-15-7-3-4-8-16(15)20(18)14(2)12-19(13)17/h3-4,7-8,10-13H,5-6,9H2,1-2H3. The van der Waals surface area contributed by atoms with Gasteiger partial charge in [0.25, 0.3) is 0 Å². The first-order valence-electron chi connectivity index (χ1n) is 7.69. The third-order valence-corrected chi connectivity index (χ3v) is 4.96. The van der Waals surface area contributed by atoms with E-state index in [-0.39, 0.29) is 0 Å². The van der Waals surface area contributed by atoms with Crippen LogP contribution < -0.4 is 0 Å². The first-order valence-corrected chi connectivity index (χ1v) is 7.69. The van der Waals surface area contributed by atoms with Crippen molar-refractivity contribution in [1.29, 1.82) is 0 Å². The lowest BCUT2D eigenvalue weighted by Crippen LogP contribution is -2.08. The molecule has 0 aromatic heterocycles. The van der Waals surface area contributed by atoms with Crippen molar-refractivity contribution < 1.29 is 0 Å². The van der Waals surface area contributed by atoms with Crippen LogP contribution in [-0.2, 0) is 6.42 Å². The maximum absolute atomic E-state index is 2.45. The molecule has 0 saturated carbocycles. The molecule has 0 radical (unpaired) electrons. The van der Waals surface area contributed by atoms with E-state index in [2.05, 4.69) is 56.3 Å². The predicted molar refractivity (Wildman–Crippen MR) is 87.5 cm³/mol. The van der Waals surface area contributed by atoms with Gasteiger partial charge in [0.15, 0.2) is 0 Å². The molecule has 1 aliphatic rings. The van der Waals surface area contributed by atoms with E-state index in [1.54, 1.807) is 11.1 Å². The van der Waals surface area contributed by atoms with E-state index >= 15 is 0 Å². The average Bonchev–Trinajstić information content (AvgIpc) is 2.48. The predicted octanol–water partition coefficient (Wildman–Crippen LogP) is 5.74. The Bertz CT molecular complexity index is 811. The Morgan fingerprint density at radius 1 is 1.00 bits per heavy atom. The quantitative estimate of drug-likeness (QED) is 0.452. The Balaban J connectivity index is 2.19. The van der Waals surface area contributed by atoms with Crippen molar-refractivity contribution in [3.05, 3.63) is 59.2 Å². The van der Waals surface area contributed by atoms with Crippen molar-refractivity contribution in [1.82, 2.24) is 0 Å². The van der Waals surface area contributed by atoms with Crippen molar-refractivity contribution in [2.75, 3.05) is 0 Å². The van der Waals surface area contributed by atoms with Crippen molar-refractivity contribution in [3.63, 3.8) is 0 Å². The lowest BCUT2D eigenvalue weighted by atomic mass is 9.79. The van der Waals surface area contributed by atoms with Gasteiger partial charge in [0.05, 0.1) is 0 Å². The maximum atomic E-state index is 2.45. The number of rotatable bonds is 0. The molecule has 3 aromatic carbocycles. The maximum Gasteiger partial charge on any atom is -0.00731 e.